The van der Waals surface area contributed by atoms with Crippen molar-refractivity contribution in [3.8, 4) is 0 Å². The highest BCUT2D eigenvalue weighted by molar-refractivity contribution is 7.19. The van der Waals surface area contributed by atoms with E-state index in [2.05, 4.69) is 15.5 Å². The van der Waals surface area contributed by atoms with Crippen LogP contribution in [0.4, 0.5) is 0 Å². The number of aliphatic hydroxyl groups is 1. The Balaban J connectivity index is 1.60. The number of aryl methyl sites for hydroxylation is 2. The largest absolute Gasteiger partial charge is 0.386 e. The molecule has 0 spiro atoms. The lowest BCUT2D eigenvalue weighted by atomic mass is 10.1. The molecule has 2 heterocycles. The van der Waals surface area contributed by atoms with E-state index in [0.29, 0.717) is 0 Å². The minimum absolute atomic E-state index is 0.113. The van der Waals surface area contributed by atoms with Gasteiger partial charge in [0.15, 0.2) is 0 Å². The van der Waals surface area contributed by atoms with E-state index in [-0.39, 0.29) is 18.9 Å². The zero-order valence-corrected chi connectivity index (χ0v) is 13.9. The van der Waals surface area contributed by atoms with E-state index in [1.165, 1.54) is 0 Å². The number of nitrogens with zero attached hydrogens (tertiary/aromatic N) is 1. The van der Waals surface area contributed by atoms with Gasteiger partial charge in [0.1, 0.15) is 6.10 Å². The van der Waals surface area contributed by atoms with Gasteiger partial charge in [-0.25, -0.2) is 0 Å². The molecule has 6 heteroatoms. The monoisotopic (exact) mass is 329 g/mol. The number of H-pyrrole nitrogens is 1. The van der Waals surface area contributed by atoms with E-state index in [4.69, 9.17) is 0 Å². The molecule has 0 radical (unpaired) electrons. The molecule has 0 fully saturated rings. The Morgan fingerprint density at radius 3 is 2.87 bits per heavy atom. The standard InChI is InChI=1S/C17H19N3O2S/c1-10-13(11(2)20-19-10)8-17(22)18-9-14(21)16-7-12-5-3-4-6-15(12)23-16/h3-7,14,21H,8-9H2,1-2H3,(H,18,22)(H,19,20). The first-order valence-electron chi connectivity index (χ1n) is 7.48. The van der Waals surface area contributed by atoms with E-state index in [1.54, 1.807) is 11.3 Å². The zero-order valence-electron chi connectivity index (χ0n) is 13.1. The fourth-order valence-corrected chi connectivity index (χ4v) is 3.59. The molecular formula is C17H19N3O2S. The van der Waals surface area contributed by atoms with Crippen molar-refractivity contribution in [2.24, 2.45) is 0 Å². The average molecular weight is 329 g/mol. The van der Waals surface area contributed by atoms with E-state index in [9.17, 15) is 9.90 Å². The Hall–Kier alpha value is -2.18. The van der Waals surface area contributed by atoms with Gasteiger partial charge in [-0.3, -0.25) is 9.89 Å². The predicted octanol–water partition coefficient (Wildman–Crippen LogP) is 2.63. The molecule has 1 atom stereocenters. The number of aromatic amines is 1. The first kappa shape index (κ1) is 15.7. The maximum absolute atomic E-state index is 12.1. The quantitative estimate of drug-likeness (QED) is 0.673. The van der Waals surface area contributed by atoms with Gasteiger partial charge in [0.05, 0.1) is 12.1 Å². The molecule has 0 aliphatic heterocycles. The van der Waals surface area contributed by atoms with Gasteiger partial charge in [0, 0.05) is 27.4 Å². The van der Waals surface area contributed by atoms with Gasteiger partial charge in [-0.1, -0.05) is 18.2 Å². The number of hydrogen-bond acceptors (Lipinski definition) is 4. The fraction of sp³-hybridized carbons (Fsp3) is 0.294. The van der Waals surface area contributed by atoms with Gasteiger partial charge in [0.25, 0.3) is 0 Å². The van der Waals surface area contributed by atoms with Crippen molar-refractivity contribution in [2.75, 3.05) is 6.54 Å². The number of carbonyl (C=O) groups is 1. The average Bonchev–Trinajstić information content (AvgIpc) is 3.11. The number of fused-ring (bicyclic) bond motifs is 1. The Bertz CT molecular complexity index is 785. The number of hydrogen-bond donors (Lipinski definition) is 3. The molecule has 3 N–H and O–H groups in total. The minimum atomic E-state index is -0.692. The number of nitrogens with one attached hydrogen (secondary N) is 2. The lowest BCUT2D eigenvalue weighted by molar-refractivity contribution is -0.120. The molecule has 3 rings (SSSR count). The van der Waals surface area contributed by atoms with Crippen molar-refractivity contribution in [3.63, 3.8) is 0 Å². The molecule has 120 valence electrons. The molecule has 5 nitrogen and oxygen atoms in total. The normalized spacial score (nSPS) is 12.5. The number of aliphatic hydroxyl groups excluding tert-OH is 1. The van der Waals surface area contributed by atoms with E-state index >= 15 is 0 Å². The van der Waals surface area contributed by atoms with Crippen LogP contribution in [0.1, 0.15) is 27.9 Å². The Labute approximate surface area is 138 Å². The highest BCUT2D eigenvalue weighted by Gasteiger charge is 2.15. The summed E-state index contributed by atoms with van der Waals surface area (Å²) in [6.45, 7) is 3.98. The van der Waals surface area contributed by atoms with Crippen molar-refractivity contribution >= 4 is 27.3 Å². The second-order valence-corrected chi connectivity index (χ2v) is 6.71. The van der Waals surface area contributed by atoms with Crippen molar-refractivity contribution < 1.29 is 9.90 Å². The van der Waals surface area contributed by atoms with Crippen LogP contribution in [0.5, 0.6) is 0 Å². The number of rotatable bonds is 5. The van der Waals surface area contributed by atoms with Crippen molar-refractivity contribution in [2.45, 2.75) is 26.4 Å². The summed E-state index contributed by atoms with van der Waals surface area (Å²) in [7, 11) is 0. The van der Waals surface area contributed by atoms with Crippen molar-refractivity contribution in [1.29, 1.82) is 0 Å². The third-order valence-electron chi connectivity index (χ3n) is 3.88. The molecule has 0 bridgehead atoms. The predicted molar refractivity (Wildman–Crippen MR) is 91.6 cm³/mol. The molecule has 1 unspecified atom stereocenters. The highest BCUT2D eigenvalue weighted by atomic mass is 32.1. The molecule has 0 aliphatic rings. The summed E-state index contributed by atoms with van der Waals surface area (Å²) in [5, 5.41) is 21.1. The van der Waals surface area contributed by atoms with Crippen molar-refractivity contribution in [3.05, 3.63) is 52.2 Å². The topological polar surface area (TPSA) is 78.0 Å². The van der Waals surface area contributed by atoms with Crippen LogP contribution in [0.2, 0.25) is 0 Å². The zero-order chi connectivity index (χ0) is 16.4. The summed E-state index contributed by atoms with van der Waals surface area (Å²) in [6.07, 6.45) is -0.421. The summed E-state index contributed by atoms with van der Waals surface area (Å²) < 4.78 is 1.14. The lowest BCUT2D eigenvalue weighted by Gasteiger charge is -2.10. The van der Waals surface area contributed by atoms with Crippen LogP contribution >= 0.6 is 11.3 Å². The van der Waals surface area contributed by atoms with Gasteiger partial charge < -0.3 is 10.4 Å². The maximum Gasteiger partial charge on any atom is 0.224 e. The van der Waals surface area contributed by atoms with E-state index in [1.807, 2.05) is 44.2 Å². The number of amides is 1. The van der Waals surface area contributed by atoms with Gasteiger partial charge in [-0.15, -0.1) is 11.3 Å². The Morgan fingerprint density at radius 2 is 2.17 bits per heavy atom. The fourth-order valence-electron chi connectivity index (χ4n) is 2.54. The van der Waals surface area contributed by atoms with Gasteiger partial charge in [0.2, 0.25) is 5.91 Å². The molecule has 1 amide bonds. The highest BCUT2D eigenvalue weighted by Crippen LogP contribution is 2.29. The molecule has 3 aromatic rings. The lowest BCUT2D eigenvalue weighted by Crippen LogP contribution is -2.29. The number of carbonyl (C=O) groups excluding carboxylic acids is 1. The van der Waals surface area contributed by atoms with Crippen LogP contribution in [0.25, 0.3) is 10.1 Å². The first-order valence-corrected chi connectivity index (χ1v) is 8.30. The molecule has 2 aromatic heterocycles. The third kappa shape index (κ3) is 3.43. The van der Waals surface area contributed by atoms with Crippen LogP contribution < -0.4 is 5.32 Å². The second-order valence-electron chi connectivity index (χ2n) is 5.60. The molecular weight excluding hydrogens is 310 g/mol. The van der Waals surface area contributed by atoms with Crippen LogP contribution in [0, 0.1) is 13.8 Å². The van der Waals surface area contributed by atoms with Gasteiger partial charge in [-0.2, -0.15) is 5.10 Å². The maximum atomic E-state index is 12.1. The summed E-state index contributed by atoms with van der Waals surface area (Å²) in [6, 6.07) is 9.97. The van der Waals surface area contributed by atoms with Crippen LogP contribution in [0.3, 0.4) is 0 Å². The minimum Gasteiger partial charge on any atom is -0.386 e. The number of thiophene rings is 1. The van der Waals surface area contributed by atoms with Crippen LogP contribution in [-0.2, 0) is 11.2 Å². The Morgan fingerprint density at radius 1 is 1.39 bits per heavy atom. The van der Waals surface area contributed by atoms with Crippen LogP contribution in [-0.4, -0.2) is 27.8 Å². The Kier molecular flexibility index (Phi) is 4.45. The third-order valence-corrected chi connectivity index (χ3v) is 5.10. The van der Waals surface area contributed by atoms with Crippen molar-refractivity contribution in [1.82, 2.24) is 15.5 Å². The van der Waals surface area contributed by atoms with E-state index < -0.39 is 6.10 Å². The smallest absolute Gasteiger partial charge is 0.224 e. The molecule has 23 heavy (non-hydrogen) atoms. The number of aromatic nitrogens is 2. The van der Waals surface area contributed by atoms with Gasteiger partial charge in [-0.05, 0) is 31.4 Å². The molecule has 0 saturated carbocycles. The molecule has 0 saturated heterocycles. The first-order chi connectivity index (χ1) is 11.0. The number of benzene rings is 1. The summed E-state index contributed by atoms with van der Waals surface area (Å²) in [5.41, 5.74) is 2.66. The second kappa shape index (κ2) is 6.52. The van der Waals surface area contributed by atoms with E-state index in [0.717, 1.165) is 31.9 Å². The summed E-state index contributed by atoms with van der Waals surface area (Å²) in [5.74, 6) is -0.113. The summed E-state index contributed by atoms with van der Waals surface area (Å²) >= 11 is 1.55. The molecule has 1 aromatic carbocycles. The van der Waals surface area contributed by atoms with Crippen LogP contribution in [0.15, 0.2) is 30.3 Å². The summed E-state index contributed by atoms with van der Waals surface area (Å²) in [4.78, 5) is 12.9. The SMILES string of the molecule is Cc1n[nH]c(C)c1CC(=O)NCC(O)c1cc2ccccc2s1. The molecule has 0 aliphatic carbocycles. The van der Waals surface area contributed by atoms with Gasteiger partial charge >= 0.3 is 0 Å².